The van der Waals surface area contributed by atoms with Crippen LogP contribution in [0.15, 0.2) is 51.5 Å². The maximum Gasteiger partial charge on any atom is 0.0746 e. The number of anilines is 3. The molecule has 0 spiro atoms. The summed E-state index contributed by atoms with van der Waals surface area (Å²) in [7, 11) is 0. The molecule has 2 aromatic carbocycles. The first-order valence-corrected chi connectivity index (χ1v) is 8.07. The lowest BCUT2D eigenvalue weighted by molar-refractivity contribution is 1.40. The number of nitrogens with one attached hydrogen (secondary N) is 1. The topological polar surface area (TPSA) is 50.9 Å². The lowest BCUT2D eigenvalue weighted by Gasteiger charge is -2.14. The standard InChI is InChI=1S/C15H10Br2ClN3/c16-8-4-5-12-9(6-8)15(11(19)7-20-12)21-13-3-1-2-10(18)14(13)17/h1-7H,19H2,(H,20,21). The van der Waals surface area contributed by atoms with Gasteiger partial charge in [-0.05, 0) is 46.3 Å². The molecule has 3 rings (SSSR count). The number of halogens is 3. The Hall–Kier alpha value is -1.30. The maximum atomic E-state index is 6.13. The summed E-state index contributed by atoms with van der Waals surface area (Å²) in [5.41, 5.74) is 9.19. The van der Waals surface area contributed by atoms with Gasteiger partial charge in [0, 0.05) is 9.86 Å². The van der Waals surface area contributed by atoms with Crippen molar-refractivity contribution in [2.24, 2.45) is 0 Å². The van der Waals surface area contributed by atoms with Crippen LogP contribution in [-0.4, -0.2) is 4.98 Å². The van der Waals surface area contributed by atoms with Crippen LogP contribution in [0.5, 0.6) is 0 Å². The summed E-state index contributed by atoms with van der Waals surface area (Å²) in [6, 6.07) is 11.5. The van der Waals surface area contributed by atoms with Gasteiger partial charge in [0.1, 0.15) is 0 Å². The first kappa shape index (κ1) is 14.6. The van der Waals surface area contributed by atoms with Gasteiger partial charge < -0.3 is 11.1 Å². The quantitative estimate of drug-likeness (QED) is 0.548. The number of nitrogens with zero attached hydrogens (tertiary/aromatic N) is 1. The highest BCUT2D eigenvalue weighted by molar-refractivity contribution is 9.11. The van der Waals surface area contributed by atoms with Crippen molar-refractivity contribution in [1.82, 2.24) is 4.98 Å². The van der Waals surface area contributed by atoms with Gasteiger partial charge in [-0.15, -0.1) is 0 Å². The van der Waals surface area contributed by atoms with E-state index in [1.807, 2.05) is 36.4 Å². The van der Waals surface area contributed by atoms with Crippen LogP contribution in [0, 0.1) is 0 Å². The second-order valence-electron chi connectivity index (χ2n) is 4.48. The molecular formula is C15H10Br2ClN3. The number of hydrogen-bond acceptors (Lipinski definition) is 3. The van der Waals surface area contributed by atoms with E-state index in [1.54, 1.807) is 6.20 Å². The summed E-state index contributed by atoms with van der Waals surface area (Å²) in [4.78, 5) is 4.34. The van der Waals surface area contributed by atoms with Gasteiger partial charge >= 0.3 is 0 Å². The van der Waals surface area contributed by atoms with Crippen LogP contribution in [0.3, 0.4) is 0 Å². The lowest BCUT2D eigenvalue weighted by Crippen LogP contribution is -1.99. The summed E-state index contributed by atoms with van der Waals surface area (Å²) in [6.07, 6.45) is 1.65. The van der Waals surface area contributed by atoms with Crippen LogP contribution in [0.25, 0.3) is 10.9 Å². The number of hydrogen-bond donors (Lipinski definition) is 2. The van der Waals surface area contributed by atoms with E-state index in [0.29, 0.717) is 10.7 Å². The van der Waals surface area contributed by atoms with Gasteiger partial charge in [-0.3, -0.25) is 4.98 Å². The molecule has 0 saturated carbocycles. The predicted molar refractivity (Wildman–Crippen MR) is 96.3 cm³/mol. The first-order valence-electron chi connectivity index (χ1n) is 6.11. The Kier molecular flexibility index (Phi) is 4.06. The Morgan fingerprint density at radius 3 is 2.76 bits per heavy atom. The molecule has 0 amide bonds. The van der Waals surface area contributed by atoms with Gasteiger partial charge in [-0.25, -0.2) is 0 Å². The van der Waals surface area contributed by atoms with Gasteiger partial charge in [-0.2, -0.15) is 0 Å². The molecule has 0 saturated heterocycles. The highest BCUT2D eigenvalue weighted by Crippen LogP contribution is 2.37. The summed E-state index contributed by atoms with van der Waals surface area (Å²) in [6.45, 7) is 0. The molecule has 3 nitrogen and oxygen atoms in total. The van der Waals surface area contributed by atoms with E-state index in [4.69, 9.17) is 17.3 Å². The highest BCUT2D eigenvalue weighted by Gasteiger charge is 2.10. The van der Waals surface area contributed by atoms with Crippen molar-refractivity contribution in [1.29, 1.82) is 0 Å². The van der Waals surface area contributed by atoms with Crippen molar-refractivity contribution in [2.45, 2.75) is 0 Å². The molecule has 0 bridgehead atoms. The smallest absolute Gasteiger partial charge is 0.0746 e. The van der Waals surface area contributed by atoms with E-state index < -0.39 is 0 Å². The van der Waals surface area contributed by atoms with Crippen LogP contribution in [0.4, 0.5) is 17.1 Å². The summed E-state index contributed by atoms with van der Waals surface area (Å²) in [5, 5.41) is 4.91. The average Bonchev–Trinajstić information content (AvgIpc) is 2.46. The Balaban J connectivity index is 2.18. The van der Waals surface area contributed by atoms with Gasteiger partial charge in [-0.1, -0.05) is 33.6 Å². The number of fused-ring (bicyclic) bond motifs is 1. The van der Waals surface area contributed by atoms with Gasteiger partial charge in [0.2, 0.25) is 0 Å². The zero-order valence-electron chi connectivity index (χ0n) is 10.7. The van der Waals surface area contributed by atoms with Crippen molar-refractivity contribution in [3.05, 3.63) is 56.6 Å². The van der Waals surface area contributed by atoms with Gasteiger partial charge in [0.25, 0.3) is 0 Å². The molecule has 106 valence electrons. The molecule has 21 heavy (non-hydrogen) atoms. The number of nitrogen functional groups attached to an aromatic ring is 1. The largest absolute Gasteiger partial charge is 0.396 e. The van der Waals surface area contributed by atoms with Crippen LogP contribution >= 0.6 is 43.5 Å². The van der Waals surface area contributed by atoms with E-state index in [9.17, 15) is 0 Å². The number of nitrogens with two attached hydrogens (primary N) is 1. The molecule has 3 N–H and O–H groups in total. The molecule has 0 aliphatic carbocycles. The number of aromatic nitrogens is 1. The van der Waals surface area contributed by atoms with Crippen molar-refractivity contribution in [3.63, 3.8) is 0 Å². The lowest BCUT2D eigenvalue weighted by atomic mass is 10.1. The molecule has 0 atom stereocenters. The van der Waals surface area contributed by atoms with E-state index in [1.165, 1.54) is 0 Å². The van der Waals surface area contributed by atoms with Crippen molar-refractivity contribution < 1.29 is 0 Å². The Bertz CT molecular complexity index is 831. The number of rotatable bonds is 2. The van der Waals surface area contributed by atoms with Crippen LogP contribution in [0.1, 0.15) is 0 Å². The van der Waals surface area contributed by atoms with Gasteiger partial charge in [0.15, 0.2) is 0 Å². The first-order chi connectivity index (χ1) is 10.1. The molecule has 0 aliphatic heterocycles. The highest BCUT2D eigenvalue weighted by atomic mass is 79.9. The Morgan fingerprint density at radius 2 is 1.95 bits per heavy atom. The molecule has 1 heterocycles. The third-order valence-corrected chi connectivity index (χ3v) is 4.96. The zero-order valence-corrected chi connectivity index (χ0v) is 14.6. The third-order valence-electron chi connectivity index (χ3n) is 3.07. The van der Waals surface area contributed by atoms with E-state index in [2.05, 4.69) is 42.2 Å². The summed E-state index contributed by atoms with van der Waals surface area (Å²) >= 11 is 13.1. The molecule has 6 heteroatoms. The minimum atomic E-state index is 0.576. The SMILES string of the molecule is Nc1cnc2ccc(Br)cc2c1Nc1cccc(Cl)c1Br. The minimum absolute atomic E-state index is 0.576. The zero-order chi connectivity index (χ0) is 15.0. The second-order valence-corrected chi connectivity index (χ2v) is 6.59. The molecule has 0 fully saturated rings. The third kappa shape index (κ3) is 2.86. The fourth-order valence-electron chi connectivity index (χ4n) is 2.05. The molecule has 0 aliphatic rings. The number of pyridine rings is 1. The fraction of sp³-hybridized carbons (Fsp3) is 0. The fourth-order valence-corrected chi connectivity index (χ4v) is 2.95. The predicted octanol–water partition coefficient (Wildman–Crippen LogP) is 5.74. The van der Waals surface area contributed by atoms with E-state index >= 15 is 0 Å². The van der Waals surface area contributed by atoms with Crippen LogP contribution in [-0.2, 0) is 0 Å². The number of benzene rings is 2. The minimum Gasteiger partial charge on any atom is -0.396 e. The second kappa shape index (κ2) is 5.83. The molecular weight excluding hydrogens is 417 g/mol. The van der Waals surface area contributed by atoms with E-state index in [-0.39, 0.29) is 0 Å². The average molecular weight is 428 g/mol. The maximum absolute atomic E-state index is 6.13. The van der Waals surface area contributed by atoms with E-state index in [0.717, 1.165) is 31.2 Å². The van der Waals surface area contributed by atoms with Crippen LogP contribution < -0.4 is 11.1 Å². The molecule has 0 unspecified atom stereocenters. The monoisotopic (exact) mass is 425 g/mol. The molecule has 0 radical (unpaired) electrons. The normalized spacial score (nSPS) is 10.8. The Morgan fingerprint density at radius 1 is 1.14 bits per heavy atom. The van der Waals surface area contributed by atoms with Crippen LogP contribution in [0.2, 0.25) is 5.02 Å². The van der Waals surface area contributed by atoms with Gasteiger partial charge in [0.05, 0.1) is 38.3 Å². The molecule has 1 aromatic heterocycles. The Labute approximate surface area is 143 Å². The van der Waals surface area contributed by atoms with Crippen molar-refractivity contribution >= 4 is 71.4 Å². The van der Waals surface area contributed by atoms with Crippen molar-refractivity contribution in [3.8, 4) is 0 Å². The summed E-state index contributed by atoms with van der Waals surface area (Å²) in [5.74, 6) is 0. The summed E-state index contributed by atoms with van der Waals surface area (Å²) < 4.78 is 1.77. The van der Waals surface area contributed by atoms with Crippen molar-refractivity contribution in [2.75, 3.05) is 11.1 Å². The molecule has 3 aromatic rings.